The van der Waals surface area contributed by atoms with E-state index in [9.17, 15) is 9.90 Å². The standard InChI is InChI=1S/C14H26N2O3/c1-19-14(8-5-9-14)11-16-12(17)15-10-13(18)6-3-2-4-7-13/h18H,2-11H2,1H3,(H2,15,16,17). The Morgan fingerprint density at radius 1 is 1.05 bits per heavy atom. The number of methoxy groups -OCH3 is 1. The zero-order chi connectivity index (χ0) is 13.8. The molecule has 0 aromatic carbocycles. The number of aliphatic hydroxyl groups is 1. The van der Waals surface area contributed by atoms with Crippen LogP contribution in [0.1, 0.15) is 51.4 Å². The maximum Gasteiger partial charge on any atom is 0.314 e. The fraction of sp³-hybridized carbons (Fsp3) is 0.929. The van der Waals surface area contributed by atoms with Crippen molar-refractivity contribution < 1.29 is 14.6 Å². The van der Waals surface area contributed by atoms with E-state index >= 15 is 0 Å². The molecule has 110 valence electrons. The Labute approximate surface area is 115 Å². The van der Waals surface area contributed by atoms with Crippen LogP contribution >= 0.6 is 0 Å². The summed E-state index contributed by atoms with van der Waals surface area (Å²) in [6.45, 7) is 0.895. The minimum atomic E-state index is -0.703. The average Bonchev–Trinajstić information content (AvgIpc) is 2.37. The van der Waals surface area contributed by atoms with Gasteiger partial charge in [0.15, 0.2) is 0 Å². The van der Waals surface area contributed by atoms with Crippen molar-refractivity contribution in [2.75, 3.05) is 20.2 Å². The predicted molar refractivity (Wildman–Crippen MR) is 73.0 cm³/mol. The molecule has 3 N–H and O–H groups in total. The quantitative estimate of drug-likeness (QED) is 0.710. The van der Waals surface area contributed by atoms with Crippen LogP contribution in [0.15, 0.2) is 0 Å². The fourth-order valence-electron chi connectivity index (χ4n) is 2.96. The Hall–Kier alpha value is -0.810. The van der Waals surface area contributed by atoms with Crippen molar-refractivity contribution in [2.45, 2.75) is 62.6 Å². The van der Waals surface area contributed by atoms with Crippen molar-refractivity contribution in [2.24, 2.45) is 0 Å². The number of hydrogen-bond donors (Lipinski definition) is 3. The van der Waals surface area contributed by atoms with Gasteiger partial charge in [0.2, 0.25) is 0 Å². The molecule has 0 atom stereocenters. The molecule has 5 nitrogen and oxygen atoms in total. The summed E-state index contributed by atoms with van der Waals surface area (Å²) in [5, 5.41) is 15.9. The molecule has 2 aliphatic carbocycles. The van der Waals surface area contributed by atoms with Crippen LogP contribution in [0.5, 0.6) is 0 Å². The SMILES string of the molecule is COC1(CNC(=O)NCC2(O)CCCCC2)CCC1. The van der Waals surface area contributed by atoms with Gasteiger partial charge in [-0.3, -0.25) is 0 Å². The Morgan fingerprint density at radius 3 is 2.21 bits per heavy atom. The lowest BCUT2D eigenvalue weighted by molar-refractivity contribution is -0.0675. The lowest BCUT2D eigenvalue weighted by atomic mass is 9.80. The Kier molecular flexibility index (Phi) is 4.68. The predicted octanol–water partition coefficient (Wildman–Crippen LogP) is 1.55. The highest BCUT2D eigenvalue weighted by Gasteiger charge is 2.37. The number of ether oxygens (including phenoxy) is 1. The highest BCUT2D eigenvalue weighted by molar-refractivity contribution is 5.74. The highest BCUT2D eigenvalue weighted by atomic mass is 16.5. The largest absolute Gasteiger partial charge is 0.388 e. The molecule has 2 amide bonds. The average molecular weight is 270 g/mol. The van der Waals surface area contributed by atoms with Crippen LogP contribution < -0.4 is 10.6 Å². The first-order valence-corrected chi connectivity index (χ1v) is 7.37. The van der Waals surface area contributed by atoms with Crippen molar-refractivity contribution in [3.8, 4) is 0 Å². The fourth-order valence-corrected chi connectivity index (χ4v) is 2.96. The van der Waals surface area contributed by atoms with Crippen molar-refractivity contribution in [3.05, 3.63) is 0 Å². The summed E-state index contributed by atoms with van der Waals surface area (Å²) in [5.74, 6) is 0. The van der Waals surface area contributed by atoms with Crippen LogP contribution in [0.3, 0.4) is 0 Å². The zero-order valence-corrected chi connectivity index (χ0v) is 11.8. The van der Waals surface area contributed by atoms with Gasteiger partial charge < -0.3 is 20.5 Å². The number of hydrogen-bond acceptors (Lipinski definition) is 3. The maximum atomic E-state index is 11.7. The van der Waals surface area contributed by atoms with E-state index < -0.39 is 5.60 Å². The number of rotatable bonds is 5. The highest BCUT2D eigenvalue weighted by Crippen LogP contribution is 2.34. The third-order valence-corrected chi connectivity index (χ3v) is 4.63. The molecule has 2 rings (SSSR count). The van der Waals surface area contributed by atoms with Gasteiger partial charge in [0.05, 0.1) is 11.2 Å². The van der Waals surface area contributed by atoms with Gasteiger partial charge in [-0.2, -0.15) is 0 Å². The summed E-state index contributed by atoms with van der Waals surface area (Å²) in [4.78, 5) is 11.7. The van der Waals surface area contributed by atoms with Gasteiger partial charge in [-0.15, -0.1) is 0 Å². The summed E-state index contributed by atoms with van der Waals surface area (Å²) in [7, 11) is 1.70. The summed E-state index contributed by atoms with van der Waals surface area (Å²) in [5.41, 5.74) is -0.857. The van der Waals surface area contributed by atoms with Crippen LogP contribution in [0.4, 0.5) is 4.79 Å². The Balaban J connectivity index is 1.66. The smallest absolute Gasteiger partial charge is 0.314 e. The third-order valence-electron chi connectivity index (χ3n) is 4.63. The second kappa shape index (κ2) is 6.09. The summed E-state index contributed by atoms with van der Waals surface area (Å²) < 4.78 is 5.45. The van der Waals surface area contributed by atoms with E-state index in [-0.39, 0.29) is 11.6 Å². The first-order valence-electron chi connectivity index (χ1n) is 7.37. The number of amides is 2. The molecule has 0 aromatic rings. The minimum Gasteiger partial charge on any atom is -0.388 e. The summed E-state index contributed by atoms with van der Waals surface area (Å²) in [6, 6.07) is -0.206. The molecule has 5 heteroatoms. The summed E-state index contributed by atoms with van der Waals surface area (Å²) in [6.07, 6.45) is 8.03. The van der Waals surface area contributed by atoms with Crippen LogP contribution in [-0.2, 0) is 4.74 Å². The molecule has 2 aliphatic rings. The zero-order valence-electron chi connectivity index (χ0n) is 11.8. The van der Waals surface area contributed by atoms with E-state index in [1.54, 1.807) is 7.11 Å². The number of carbonyl (C=O) groups is 1. The molecule has 0 bridgehead atoms. The van der Waals surface area contributed by atoms with Crippen LogP contribution in [0, 0.1) is 0 Å². The van der Waals surface area contributed by atoms with Crippen LogP contribution in [-0.4, -0.2) is 42.5 Å². The lowest BCUT2D eigenvalue weighted by Crippen LogP contribution is -2.53. The minimum absolute atomic E-state index is 0.154. The van der Waals surface area contributed by atoms with Gasteiger partial charge in [0, 0.05) is 20.2 Å². The molecule has 2 saturated carbocycles. The Bertz CT molecular complexity index is 304. The molecule has 0 aliphatic heterocycles. The van der Waals surface area contributed by atoms with Gasteiger partial charge in [-0.05, 0) is 32.1 Å². The molecule has 2 fully saturated rings. The van der Waals surface area contributed by atoms with Crippen molar-refractivity contribution in [1.82, 2.24) is 10.6 Å². The summed E-state index contributed by atoms with van der Waals surface area (Å²) >= 11 is 0. The molecule has 0 saturated heterocycles. The molecule has 0 aromatic heterocycles. The van der Waals surface area contributed by atoms with Gasteiger partial charge in [0.25, 0.3) is 0 Å². The van der Waals surface area contributed by atoms with Crippen molar-refractivity contribution in [1.29, 1.82) is 0 Å². The molecular formula is C14H26N2O3. The lowest BCUT2D eigenvalue weighted by Gasteiger charge is -2.40. The molecule has 0 heterocycles. The van der Waals surface area contributed by atoms with E-state index in [2.05, 4.69) is 10.6 Å². The van der Waals surface area contributed by atoms with E-state index in [1.807, 2.05) is 0 Å². The third kappa shape index (κ3) is 3.83. The molecular weight excluding hydrogens is 244 g/mol. The molecule has 0 unspecified atom stereocenters. The van der Waals surface area contributed by atoms with Gasteiger partial charge in [-0.25, -0.2) is 4.79 Å². The van der Waals surface area contributed by atoms with E-state index in [1.165, 1.54) is 6.42 Å². The van der Waals surface area contributed by atoms with Crippen molar-refractivity contribution >= 4 is 6.03 Å². The van der Waals surface area contributed by atoms with Crippen LogP contribution in [0.25, 0.3) is 0 Å². The van der Waals surface area contributed by atoms with E-state index in [4.69, 9.17) is 4.74 Å². The number of carbonyl (C=O) groups excluding carboxylic acids is 1. The number of nitrogens with one attached hydrogen (secondary N) is 2. The van der Waals surface area contributed by atoms with Crippen molar-refractivity contribution in [3.63, 3.8) is 0 Å². The van der Waals surface area contributed by atoms with Gasteiger partial charge >= 0.3 is 6.03 Å². The molecule has 19 heavy (non-hydrogen) atoms. The van der Waals surface area contributed by atoms with E-state index in [0.29, 0.717) is 13.1 Å². The first kappa shape index (κ1) is 14.6. The van der Waals surface area contributed by atoms with Gasteiger partial charge in [0.1, 0.15) is 0 Å². The maximum absolute atomic E-state index is 11.7. The second-order valence-electron chi connectivity index (χ2n) is 6.06. The van der Waals surface area contributed by atoms with Crippen LogP contribution in [0.2, 0.25) is 0 Å². The van der Waals surface area contributed by atoms with E-state index in [0.717, 1.165) is 44.9 Å². The topological polar surface area (TPSA) is 70.6 Å². The molecule has 0 radical (unpaired) electrons. The first-order chi connectivity index (χ1) is 9.08. The second-order valence-corrected chi connectivity index (χ2v) is 6.06. The molecule has 0 spiro atoms. The normalized spacial score (nSPS) is 24.3. The van der Waals surface area contributed by atoms with Gasteiger partial charge in [-0.1, -0.05) is 19.3 Å². The monoisotopic (exact) mass is 270 g/mol. The number of urea groups is 1. The Morgan fingerprint density at radius 2 is 1.68 bits per heavy atom.